The molecule has 0 atom stereocenters. The fourth-order valence-electron chi connectivity index (χ4n) is 15.9. The van der Waals surface area contributed by atoms with E-state index in [1.165, 1.54) is 147 Å². The van der Waals surface area contributed by atoms with Crippen LogP contribution in [0.5, 0.6) is 0 Å². The summed E-state index contributed by atoms with van der Waals surface area (Å²) in [6.45, 7) is 0. The molecular weight excluding hydrogens is 1280 g/mol. The van der Waals surface area contributed by atoms with Gasteiger partial charge in [0, 0.05) is 0 Å². The Morgan fingerprint density at radius 2 is 0.543 bits per heavy atom. The molecule has 17 aromatic rings. The first-order chi connectivity index (χ1) is 45.6. The van der Waals surface area contributed by atoms with Crippen molar-refractivity contribution in [3.05, 3.63) is 340 Å². The van der Waals surface area contributed by atoms with E-state index in [1.54, 1.807) is 0 Å². The van der Waals surface area contributed by atoms with E-state index in [9.17, 15) is 0 Å². The van der Waals surface area contributed by atoms with Gasteiger partial charge in [-0.25, -0.2) is 0 Å². The Balaban J connectivity index is 0.831. The van der Waals surface area contributed by atoms with Crippen LogP contribution in [-0.2, 0) is 0 Å². The van der Waals surface area contributed by atoms with Crippen molar-refractivity contribution in [2.45, 2.75) is 0 Å². The molecule has 0 radical (unpaired) electrons. The monoisotopic (exact) mass is 1330 g/mol. The molecule has 2 aliphatic rings. The fraction of sp³-hybridized carbons (Fsp3) is 0. The number of anilines is 6. The first-order valence-electron chi connectivity index (χ1n) is 31.7. The van der Waals surface area contributed by atoms with Crippen molar-refractivity contribution in [2.75, 3.05) is 9.80 Å². The third-order valence-electron chi connectivity index (χ3n) is 19.9. The van der Waals surface area contributed by atoms with E-state index in [4.69, 9.17) is 0 Å². The molecule has 0 spiro atoms. The minimum absolute atomic E-state index is 0.160. The molecule has 0 aliphatic carbocycles. The molecule has 0 saturated carbocycles. The van der Waals surface area contributed by atoms with E-state index in [0.29, 0.717) is 0 Å². The fourth-order valence-corrected chi connectivity index (χ4v) is 30.8. The SMILES string of the molecule is c1ccc(-c2ccc3c(c2)N(c2ccc4c(ccc5cc(N6c7cc(-c8ccccc8)ccc7[Si](c7ccccc7)(c7ccccc7)c7cc8c(cc76)[se]c6ccccc68)ccc54)c2)c2cc4[se]c5ccccc5c4cc2[Si]3(c2ccccc2)c2ccccc2)cc1. The first kappa shape index (κ1) is 53.7. The van der Waals surface area contributed by atoms with Crippen LogP contribution in [0.25, 0.3) is 82.4 Å². The molecule has 2 nitrogen and oxygen atoms in total. The Morgan fingerprint density at radius 1 is 0.207 bits per heavy atom. The van der Waals surface area contributed by atoms with Crippen LogP contribution in [0.1, 0.15) is 0 Å². The van der Waals surface area contributed by atoms with Gasteiger partial charge in [0.15, 0.2) is 0 Å². The summed E-state index contributed by atoms with van der Waals surface area (Å²) in [5.74, 6) is 0. The van der Waals surface area contributed by atoms with Crippen molar-refractivity contribution in [2.24, 2.45) is 0 Å². The Morgan fingerprint density at radius 3 is 0.924 bits per heavy atom. The maximum atomic E-state index is 2.64. The van der Waals surface area contributed by atoms with Gasteiger partial charge in [-0.1, -0.05) is 0 Å². The second-order valence-corrected chi connectivity index (χ2v) is 36.6. The van der Waals surface area contributed by atoms with E-state index < -0.39 is 16.1 Å². The van der Waals surface area contributed by atoms with E-state index in [0.717, 1.165) is 11.4 Å². The van der Waals surface area contributed by atoms with Gasteiger partial charge in [0.25, 0.3) is 0 Å². The molecule has 0 bridgehead atoms. The van der Waals surface area contributed by atoms with Crippen LogP contribution < -0.4 is 51.3 Å². The zero-order valence-electron chi connectivity index (χ0n) is 50.0. The normalized spacial score (nSPS) is 13.8. The van der Waals surface area contributed by atoms with Gasteiger partial charge in [-0.2, -0.15) is 0 Å². The summed E-state index contributed by atoms with van der Waals surface area (Å²) in [5, 5.41) is 21.6. The van der Waals surface area contributed by atoms with E-state index >= 15 is 0 Å². The Labute approximate surface area is 548 Å². The predicted octanol–water partition coefficient (Wildman–Crippen LogP) is 16.4. The van der Waals surface area contributed by atoms with Crippen LogP contribution in [0.3, 0.4) is 0 Å². The Kier molecular flexibility index (Phi) is 12.4. The zero-order valence-corrected chi connectivity index (χ0v) is 55.5. The van der Waals surface area contributed by atoms with Crippen LogP contribution in [0.2, 0.25) is 0 Å². The first-order valence-corrected chi connectivity index (χ1v) is 39.1. The third kappa shape index (κ3) is 8.03. The number of fused-ring (bicyclic) bond motifs is 13. The standard InChI is InChI=1S/C86H56N2Se2Si2/c1-7-23-57(24-8-1)59-41-47-83-75(51-59)87(77-55-81-73(71-35-19-21-37-79(71)89-81)53-85(77)91(83,65-27-11-3-12-28-65)66-29-13-4-14-30-66)63-43-45-69-61(49-63)39-40-62-50-64(44-46-70(62)69)88-76-52-60(58-25-9-2-10-26-58)42-48-84(76)92(67-31-15-5-16-32-67,68-33-17-6-18-34-68)86-54-74-72-36-20-22-38-80(72)90-82(74)56-78(86)88/h1-56H. The molecule has 0 saturated heterocycles. The average molecular weight is 1330 g/mol. The number of benzene rings is 15. The molecule has 2 aromatic heterocycles. The molecule has 0 fully saturated rings. The molecule has 0 amide bonds. The molecule has 6 heteroatoms. The summed E-state index contributed by atoms with van der Waals surface area (Å²) < 4.78 is 5.79. The van der Waals surface area contributed by atoms with E-state index in [-0.39, 0.29) is 29.0 Å². The van der Waals surface area contributed by atoms with Crippen molar-refractivity contribution in [1.82, 2.24) is 0 Å². The molecule has 0 unspecified atom stereocenters. The molecule has 0 N–H and O–H groups in total. The molecule has 4 heterocycles. The summed E-state index contributed by atoms with van der Waals surface area (Å²) in [6.07, 6.45) is 0. The van der Waals surface area contributed by atoms with Crippen molar-refractivity contribution < 1.29 is 0 Å². The van der Waals surface area contributed by atoms with E-state index in [2.05, 4.69) is 350 Å². The average Bonchev–Trinajstić information content (AvgIpc) is 0.906. The summed E-state index contributed by atoms with van der Waals surface area (Å²) in [5.41, 5.74) is 12.2. The number of hydrogen-bond donors (Lipinski definition) is 0. The topological polar surface area (TPSA) is 6.48 Å². The van der Waals surface area contributed by atoms with Crippen LogP contribution in [-0.4, -0.2) is 45.2 Å². The molecule has 19 rings (SSSR count). The number of rotatable bonds is 8. The third-order valence-corrected chi connectivity index (χ3v) is 34.4. The van der Waals surface area contributed by atoms with Gasteiger partial charge in [-0.3, -0.25) is 0 Å². The summed E-state index contributed by atoms with van der Waals surface area (Å²) >= 11 is 0.321. The minimum atomic E-state index is -3.01. The van der Waals surface area contributed by atoms with Crippen LogP contribution >= 0.6 is 0 Å². The van der Waals surface area contributed by atoms with Gasteiger partial charge in [-0.05, 0) is 0 Å². The zero-order chi connectivity index (χ0) is 60.5. The van der Waals surface area contributed by atoms with Crippen LogP contribution in [0, 0.1) is 0 Å². The van der Waals surface area contributed by atoms with Gasteiger partial charge >= 0.3 is 553 Å². The molecular formula is C86H56N2Se2Si2. The van der Waals surface area contributed by atoms with Gasteiger partial charge in [0.1, 0.15) is 0 Å². The summed E-state index contributed by atoms with van der Waals surface area (Å²) in [4.78, 5) is 5.28. The molecule has 92 heavy (non-hydrogen) atoms. The predicted molar refractivity (Wildman–Crippen MR) is 400 cm³/mol. The summed E-state index contributed by atoms with van der Waals surface area (Å²) in [7, 11) is -6.02. The molecule has 430 valence electrons. The van der Waals surface area contributed by atoms with Crippen molar-refractivity contribution in [3.8, 4) is 22.3 Å². The number of hydrogen-bond acceptors (Lipinski definition) is 2. The quantitative estimate of drug-likeness (QED) is 0.111. The van der Waals surface area contributed by atoms with Crippen molar-refractivity contribution in [1.29, 1.82) is 0 Å². The Bertz CT molecular complexity index is 5340. The maximum absolute atomic E-state index is 3.01. The van der Waals surface area contributed by atoms with Crippen molar-refractivity contribution >= 4 is 181 Å². The van der Waals surface area contributed by atoms with E-state index in [1.807, 2.05) is 0 Å². The Hall–Kier alpha value is -10.1. The second-order valence-electron chi connectivity index (χ2n) is 24.6. The van der Waals surface area contributed by atoms with Gasteiger partial charge in [0.05, 0.1) is 0 Å². The second kappa shape index (κ2) is 21.2. The molecule has 15 aromatic carbocycles. The number of nitrogens with zero attached hydrogens (tertiary/aromatic N) is 2. The van der Waals surface area contributed by atoms with Crippen LogP contribution in [0.4, 0.5) is 34.1 Å². The summed E-state index contributed by atoms with van der Waals surface area (Å²) in [6, 6.07) is 131. The van der Waals surface area contributed by atoms with Crippen LogP contribution in [0.15, 0.2) is 340 Å². The van der Waals surface area contributed by atoms with Gasteiger partial charge in [0.2, 0.25) is 0 Å². The molecule has 2 aliphatic heterocycles. The van der Waals surface area contributed by atoms with Crippen molar-refractivity contribution in [3.63, 3.8) is 0 Å². The van der Waals surface area contributed by atoms with Gasteiger partial charge in [-0.15, -0.1) is 0 Å². The van der Waals surface area contributed by atoms with Gasteiger partial charge < -0.3 is 0 Å².